The van der Waals surface area contributed by atoms with Crippen molar-refractivity contribution in [2.45, 2.75) is 11.1 Å². The molecule has 0 aliphatic heterocycles. The second-order valence-electron chi connectivity index (χ2n) is 6.08. The minimum absolute atomic E-state index is 0.0137. The Kier molecular flexibility index (Phi) is 6.65. The Balaban J connectivity index is 2.46. The van der Waals surface area contributed by atoms with Gasteiger partial charge in [-0.1, -0.05) is 0 Å². The Morgan fingerprint density at radius 2 is 1.55 bits per heavy atom. The first kappa shape index (κ1) is 22.4. The number of nitrogens with zero attached hydrogens (tertiary/aromatic N) is 1. The van der Waals surface area contributed by atoms with Crippen molar-refractivity contribution in [3.8, 4) is 0 Å². The third-order valence-electron chi connectivity index (χ3n) is 3.91. The van der Waals surface area contributed by atoms with E-state index in [-0.39, 0.29) is 31.8 Å². The quantitative estimate of drug-likeness (QED) is 0.684. The van der Waals surface area contributed by atoms with Gasteiger partial charge in [0.2, 0.25) is 0 Å². The molecule has 2 aromatic rings. The van der Waals surface area contributed by atoms with Crippen LogP contribution in [0.15, 0.2) is 28.5 Å². The van der Waals surface area contributed by atoms with Crippen LogP contribution in [0.25, 0.3) is 0 Å². The molecule has 0 saturated carbocycles. The molecule has 0 saturated heterocycles. The molecule has 0 fully saturated rings. The van der Waals surface area contributed by atoms with Crippen molar-refractivity contribution in [3.05, 3.63) is 45.8 Å². The molecule has 1 aromatic carbocycles. The van der Waals surface area contributed by atoms with Crippen LogP contribution in [0.5, 0.6) is 0 Å². The van der Waals surface area contributed by atoms with Gasteiger partial charge >= 0.3 is 11.9 Å². The predicted molar refractivity (Wildman–Crippen MR) is 107 cm³/mol. The van der Waals surface area contributed by atoms with Gasteiger partial charge in [0.15, 0.2) is 4.21 Å². The Morgan fingerprint density at radius 1 is 1.00 bits per heavy atom. The normalized spacial score (nSPS) is 10.9. The van der Waals surface area contributed by atoms with Crippen LogP contribution in [-0.4, -0.2) is 59.5 Å². The lowest BCUT2D eigenvalue weighted by molar-refractivity contribution is 0.0596. The summed E-state index contributed by atoms with van der Waals surface area (Å²) in [5.41, 5.74) is 0.487. The molecular weight excluding hydrogens is 420 g/mol. The zero-order chi connectivity index (χ0) is 21.9. The number of hydrogen-bond donors (Lipinski definition) is 1. The van der Waals surface area contributed by atoms with Crippen LogP contribution >= 0.6 is 11.3 Å². The van der Waals surface area contributed by atoms with Gasteiger partial charge in [-0.2, -0.15) is 0 Å². The molecule has 1 aromatic heterocycles. The van der Waals surface area contributed by atoms with E-state index in [9.17, 15) is 22.8 Å². The monoisotopic (exact) mass is 440 g/mol. The van der Waals surface area contributed by atoms with Crippen molar-refractivity contribution in [2.24, 2.45) is 0 Å². The number of methoxy groups -OCH3 is 2. The van der Waals surface area contributed by atoms with E-state index >= 15 is 0 Å². The fourth-order valence-electron chi connectivity index (χ4n) is 2.44. The largest absolute Gasteiger partial charge is 0.465 e. The molecule has 0 aliphatic rings. The predicted octanol–water partition coefficient (Wildman–Crippen LogP) is 2.13. The number of amides is 1. The number of hydrogen-bond acceptors (Lipinski definition) is 8. The van der Waals surface area contributed by atoms with E-state index in [1.165, 1.54) is 36.1 Å². The van der Waals surface area contributed by atoms with Gasteiger partial charge in [-0.05, 0) is 36.8 Å². The van der Waals surface area contributed by atoms with E-state index in [2.05, 4.69) is 14.2 Å². The lowest BCUT2D eigenvalue weighted by Crippen LogP contribution is -2.21. The number of thiophene rings is 1. The van der Waals surface area contributed by atoms with Crippen molar-refractivity contribution in [3.63, 3.8) is 0 Å². The molecule has 0 spiro atoms. The summed E-state index contributed by atoms with van der Waals surface area (Å²) in [5, 5.41) is 0. The van der Waals surface area contributed by atoms with Crippen LogP contribution in [0.1, 0.15) is 36.0 Å². The second kappa shape index (κ2) is 8.62. The number of esters is 2. The minimum atomic E-state index is -4.23. The fraction of sp³-hybridized carbons (Fsp3) is 0.278. The highest BCUT2D eigenvalue weighted by molar-refractivity contribution is 7.94. The lowest BCUT2D eigenvalue weighted by Gasteiger charge is -2.11. The molecular formula is C18H20N2O7S2. The van der Waals surface area contributed by atoms with Crippen LogP contribution in [-0.2, 0) is 19.5 Å². The van der Waals surface area contributed by atoms with Gasteiger partial charge in [0.1, 0.15) is 4.88 Å². The Labute approximate surface area is 172 Å². The maximum absolute atomic E-state index is 12.9. The van der Waals surface area contributed by atoms with Crippen LogP contribution in [0.3, 0.4) is 0 Å². The summed E-state index contributed by atoms with van der Waals surface area (Å²) in [5.74, 6) is -1.88. The van der Waals surface area contributed by atoms with Crippen LogP contribution in [0.2, 0.25) is 0 Å². The molecule has 0 aliphatic carbocycles. The number of benzene rings is 1. The first-order chi connectivity index (χ1) is 13.5. The van der Waals surface area contributed by atoms with Crippen molar-refractivity contribution >= 4 is 44.9 Å². The summed E-state index contributed by atoms with van der Waals surface area (Å²) in [6.45, 7) is 1.44. The Hall–Kier alpha value is -2.92. The molecule has 9 nitrogen and oxygen atoms in total. The van der Waals surface area contributed by atoms with E-state index in [0.29, 0.717) is 16.9 Å². The van der Waals surface area contributed by atoms with Gasteiger partial charge in [-0.15, -0.1) is 11.3 Å². The SMILES string of the molecule is COC(=O)c1sc(S(=O)(=O)Nc2ccc(C(=O)N(C)C)cc2)c(C(=O)OC)c1C. The average molecular weight is 440 g/mol. The van der Waals surface area contributed by atoms with E-state index < -0.39 is 22.0 Å². The van der Waals surface area contributed by atoms with E-state index in [0.717, 1.165) is 14.2 Å². The first-order valence-electron chi connectivity index (χ1n) is 8.18. The molecule has 0 atom stereocenters. The minimum Gasteiger partial charge on any atom is -0.465 e. The standard InChI is InChI=1S/C18H20N2O7S2/c1-10-13(16(22)26-4)18(28-14(10)17(23)27-5)29(24,25)19-12-8-6-11(7-9-12)15(21)20(2)3/h6-9,19H,1-5H3. The maximum Gasteiger partial charge on any atom is 0.348 e. The van der Waals surface area contributed by atoms with Crippen molar-refractivity contribution in [1.29, 1.82) is 0 Å². The molecule has 0 bridgehead atoms. The summed E-state index contributed by atoms with van der Waals surface area (Å²) in [6.07, 6.45) is 0. The molecule has 0 radical (unpaired) electrons. The zero-order valence-electron chi connectivity index (χ0n) is 16.4. The third-order valence-corrected chi connectivity index (χ3v) is 7.08. The average Bonchev–Trinajstić information content (AvgIpc) is 3.04. The summed E-state index contributed by atoms with van der Waals surface area (Å²) >= 11 is 0.614. The molecule has 2 rings (SSSR count). The van der Waals surface area contributed by atoms with Gasteiger partial charge in [-0.3, -0.25) is 9.52 Å². The van der Waals surface area contributed by atoms with Crippen LogP contribution in [0.4, 0.5) is 5.69 Å². The van der Waals surface area contributed by atoms with E-state index in [1.54, 1.807) is 14.1 Å². The van der Waals surface area contributed by atoms with Gasteiger partial charge in [-0.25, -0.2) is 18.0 Å². The highest BCUT2D eigenvalue weighted by Crippen LogP contribution is 2.34. The Bertz CT molecular complexity index is 1050. The maximum atomic E-state index is 12.9. The van der Waals surface area contributed by atoms with E-state index in [4.69, 9.17) is 0 Å². The van der Waals surface area contributed by atoms with Gasteiger partial charge < -0.3 is 14.4 Å². The molecule has 1 heterocycles. The lowest BCUT2D eigenvalue weighted by atomic mass is 10.2. The molecule has 29 heavy (non-hydrogen) atoms. The number of rotatable bonds is 6. The fourth-order valence-corrected chi connectivity index (χ4v) is 5.25. The third kappa shape index (κ3) is 4.57. The Morgan fingerprint density at radius 3 is 2.03 bits per heavy atom. The van der Waals surface area contributed by atoms with Crippen molar-refractivity contribution in [2.75, 3.05) is 33.0 Å². The summed E-state index contributed by atoms with van der Waals surface area (Å²) in [4.78, 5) is 37.4. The van der Waals surface area contributed by atoms with Gasteiger partial charge in [0.25, 0.3) is 15.9 Å². The van der Waals surface area contributed by atoms with Gasteiger partial charge in [0, 0.05) is 25.3 Å². The number of sulfonamides is 1. The number of carbonyl (C=O) groups excluding carboxylic acids is 3. The molecule has 11 heteroatoms. The summed E-state index contributed by atoms with van der Waals surface area (Å²) in [6, 6.07) is 5.80. The van der Waals surface area contributed by atoms with Gasteiger partial charge in [0.05, 0.1) is 19.8 Å². The number of ether oxygens (including phenoxy) is 2. The molecule has 1 amide bonds. The summed E-state index contributed by atoms with van der Waals surface area (Å²) in [7, 11) is 1.25. The molecule has 156 valence electrons. The first-order valence-corrected chi connectivity index (χ1v) is 10.5. The van der Waals surface area contributed by atoms with Crippen LogP contribution in [0, 0.1) is 6.92 Å². The van der Waals surface area contributed by atoms with E-state index in [1.807, 2.05) is 0 Å². The number of anilines is 1. The number of nitrogens with one attached hydrogen (secondary N) is 1. The summed E-state index contributed by atoms with van der Waals surface area (Å²) < 4.78 is 37.1. The van der Waals surface area contributed by atoms with Crippen LogP contribution < -0.4 is 4.72 Å². The highest BCUT2D eigenvalue weighted by Gasteiger charge is 2.32. The topological polar surface area (TPSA) is 119 Å². The van der Waals surface area contributed by atoms with Crippen molar-refractivity contribution < 1.29 is 32.3 Å². The molecule has 1 N–H and O–H groups in total. The number of carbonyl (C=O) groups is 3. The zero-order valence-corrected chi connectivity index (χ0v) is 18.1. The molecule has 0 unspecified atom stereocenters. The smallest absolute Gasteiger partial charge is 0.348 e. The highest BCUT2D eigenvalue weighted by atomic mass is 32.2. The van der Waals surface area contributed by atoms with Crippen molar-refractivity contribution in [1.82, 2.24) is 4.90 Å². The second-order valence-corrected chi connectivity index (χ2v) is 8.98.